The van der Waals surface area contributed by atoms with Crippen LogP contribution in [0.4, 0.5) is 0 Å². The molecular formula is C12H27Se3Sm. The number of hydrogen-bond donors (Lipinski definition) is 0. The Labute approximate surface area is 161 Å². The van der Waals surface area contributed by atoms with Gasteiger partial charge in [0.05, 0.1) is 0 Å². The molecule has 0 amide bonds. The van der Waals surface area contributed by atoms with Crippen LogP contribution in [0, 0.1) is 40.4 Å². The monoisotopic (exact) mass is 563 g/mol. The molecule has 0 spiro atoms. The molecule has 0 aromatic carbocycles. The van der Waals surface area contributed by atoms with E-state index in [9.17, 15) is 0 Å². The minimum absolute atomic E-state index is 0. The molecule has 0 aliphatic heterocycles. The van der Waals surface area contributed by atoms with E-state index in [1.165, 1.54) is 54.5 Å². The van der Waals surface area contributed by atoms with Gasteiger partial charge < -0.3 is 0 Å². The van der Waals surface area contributed by atoms with Crippen molar-refractivity contribution < 1.29 is 40.4 Å². The van der Waals surface area contributed by atoms with E-state index in [0.717, 1.165) is 0 Å². The zero-order valence-corrected chi connectivity index (χ0v) is 18.8. The molecule has 0 saturated heterocycles. The van der Waals surface area contributed by atoms with E-state index in [1.54, 1.807) is 0 Å². The summed E-state index contributed by atoms with van der Waals surface area (Å²) >= 11 is 8.83. The van der Waals surface area contributed by atoms with Gasteiger partial charge in [-0.3, -0.25) is 0 Å². The van der Waals surface area contributed by atoms with E-state index < -0.39 is 0 Å². The van der Waals surface area contributed by atoms with Crippen LogP contribution in [0.5, 0.6) is 0 Å². The molecule has 0 aromatic rings. The second kappa shape index (κ2) is 36.1. The zero-order valence-electron chi connectivity index (χ0n) is 11.0. The average Bonchev–Trinajstić information content (AvgIpc) is 2.23. The van der Waals surface area contributed by atoms with E-state index in [-0.39, 0.29) is 40.4 Å². The van der Waals surface area contributed by atoms with Crippen LogP contribution in [0.3, 0.4) is 0 Å². The molecule has 16 heavy (non-hydrogen) atoms. The van der Waals surface area contributed by atoms with Crippen LogP contribution < -0.4 is 0 Å². The third-order valence-electron chi connectivity index (χ3n) is 1.49. The van der Waals surface area contributed by atoms with Crippen LogP contribution in [0.2, 0.25) is 16.0 Å². The summed E-state index contributed by atoms with van der Waals surface area (Å²) in [5, 5.41) is 3.66. The van der Waals surface area contributed by atoms with Gasteiger partial charge in [-0.05, 0) is 0 Å². The molecule has 0 fully saturated rings. The summed E-state index contributed by atoms with van der Waals surface area (Å²) in [6, 6.07) is 0. The van der Waals surface area contributed by atoms with Crippen molar-refractivity contribution in [3.63, 3.8) is 0 Å². The SMILES string of the molecule is CCCC[Se-].CCCC[Se-].CCCC[Se-].[Sm+3]. The van der Waals surface area contributed by atoms with Crippen molar-refractivity contribution in [2.45, 2.75) is 75.3 Å². The number of rotatable bonds is 6. The van der Waals surface area contributed by atoms with Crippen LogP contribution in [0.15, 0.2) is 0 Å². The van der Waals surface area contributed by atoms with E-state index in [0.29, 0.717) is 0 Å². The Morgan fingerprint density at radius 2 is 0.750 bits per heavy atom. The van der Waals surface area contributed by atoms with Gasteiger partial charge in [0.2, 0.25) is 0 Å². The van der Waals surface area contributed by atoms with Crippen LogP contribution in [-0.4, -0.2) is 48.0 Å². The summed E-state index contributed by atoms with van der Waals surface area (Å²) in [6.07, 6.45) is 7.94. The minimum Gasteiger partial charge on any atom is 3.00 e. The Hall–Kier alpha value is 2.90. The maximum absolute atomic E-state index is 2.94. The quantitative estimate of drug-likeness (QED) is 0.431. The summed E-state index contributed by atoms with van der Waals surface area (Å²) in [7, 11) is 0. The fourth-order valence-corrected chi connectivity index (χ4v) is 2.25. The Morgan fingerprint density at radius 1 is 0.562 bits per heavy atom. The molecule has 0 atom stereocenters. The summed E-state index contributed by atoms with van der Waals surface area (Å²) in [4.78, 5) is 0. The van der Waals surface area contributed by atoms with Crippen LogP contribution in [0.1, 0.15) is 59.3 Å². The molecule has 0 saturated carbocycles. The largest absolute Gasteiger partial charge is 3.00 e. The molecule has 4 heteroatoms. The van der Waals surface area contributed by atoms with E-state index in [1.807, 2.05) is 0 Å². The smallest absolute Gasteiger partial charge is 3.00 e. The van der Waals surface area contributed by atoms with Gasteiger partial charge in [-0.2, -0.15) is 0 Å². The van der Waals surface area contributed by atoms with Crippen LogP contribution in [0.25, 0.3) is 0 Å². The summed E-state index contributed by atoms with van der Waals surface area (Å²) < 4.78 is 0. The van der Waals surface area contributed by atoms with Gasteiger partial charge in [0.1, 0.15) is 0 Å². The van der Waals surface area contributed by atoms with E-state index in [2.05, 4.69) is 68.8 Å². The second-order valence-corrected chi connectivity index (χ2v) is 5.74. The average molecular weight is 559 g/mol. The van der Waals surface area contributed by atoms with Crippen molar-refractivity contribution in [2.75, 3.05) is 0 Å². The predicted octanol–water partition coefficient (Wildman–Crippen LogP) is 4.12. The van der Waals surface area contributed by atoms with Crippen molar-refractivity contribution in [3.8, 4) is 0 Å². The van der Waals surface area contributed by atoms with E-state index in [4.69, 9.17) is 0 Å². The van der Waals surface area contributed by atoms with Crippen molar-refractivity contribution in [3.05, 3.63) is 0 Å². The first kappa shape index (κ1) is 27.3. The molecule has 0 N–H and O–H groups in total. The maximum Gasteiger partial charge on any atom is 3.00 e. The van der Waals surface area contributed by atoms with Gasteiger partial charge in [-0.1, -0.05) is 0 Å². The van der Waals surface area contributed by atoms with E-state index >= 15 is 0 Å². The summed E-state index contributed by atoms with van der Waals surface area (Å²) in [5.41, 5.74) is 0. The first-order chi connectivity index (χ1) is 7.24. The Kier molecular flexibility index (Phi) is 61.5. The minimum atomic E-state index is 0. The Bertz CT molecular complexity index is 53.0. The summed E-state index contributed by atoms with van der Waals surface area (Å²) in [6.45, 7) is 6.58. The summed E-state index contributed by atoms with van der Waals surface area (Å²) in [5.74, 6) is 0. The molecule has 0 unspecified atom stereocenters. The third-order valence-corrected chi connectivity index (χ3v) is 3.31. The molecule has 0 heterocycles. The van der Waals surface area contributed by atoms with Gasteiger partial charge in [0, 0.05) is 0 Å². The van der Waals surface area contributed by atoms with Crippen molar-refractivity contribution >= 4 is 48.0 Å². The molecule has 0 rings (SSSR count). The first-order valence-corrected chi connectivity index (χ1v) is 9.62. The topological polar surface area (TPSA) is 0 Å². The molecule has 0 bridgehead atoms. The maximum atomic E-state index is 2.94. The zero-order chi connectivity index (χ0) is 12.4. The van der Waals surface area contributed by atoms with Gasteiger partial charge in [-0.25, -0.2) is 0 Å². The Balaban J connectivity index is -0.0000000655. The molecule has 0 aromatic heterocycles. The van der Waals surface area contributed by atoms with Gasteiger partial charge in [0.15, 0.2) is 0 Å². The van der Waals surface area contributed by atoms with Gasteiger partial charge >= 0.3 is 164 Å². The molecule has 1 radical (unpaired) electrons. The third kappa shape index (κ3) is 53.9. The fraction of sp³-hybridized carbons (Fsp3) is 1.00. The van der Waals surface area contributed by atoms with Crippen LogP contribution in [-0.2, 0) is 0 Å². The van der Waals surface area contributed by atoms with Crippen molar-refractivity contribution in [1.82, 2.24) is 0 Å². The fourth-order valence-electron chi connectivity index (χ4n) is 0.433. The first-order valence-electron chi connectivity index (χ1n) is 5.99. The van der Waals surface area contributed by atoms with Crippen molar-refractivity contribution in [1.29, 1.82) is 0 Å². The number of unbranched alkanes of at least 4 members (excludes halogenated alkanes) is 3. The Morgan fingerprint density at radius 3 is 0.750 bits per heavy atom. The molecular weight excluding hydrogens is 531 g/mol. The standard InChI is InChI=1S/3C4H10Se.Sm/c3*1-2-3-4-5;/h3*5H,2-4H2,1H3;/q;;;+3/p-3. The second-order valence-electron chi connectivity index (χ2n) is 3.17. The van der Waals surface area contributed by atoms with Crippen LogP contribution >= 0.6 is 0 Å². The van der Waals surface area contributed by atoms with Gasteiger partial charge in [0.25, 0.3) is 0 Å². The van der Waals surface area contributed by atoms with Gasteiger partial charge in [-0.15, -0.1) is 0 Å². The molecule has 99 valence electrons. The predicted molar refractivity (Wildman–Crippen MR) is 76.4 cm³/mol. The molecule has 0 nitrogen and oxygen atoms in total. The molecule has 0 aliphatic carbocycles. The normalized spacial score (nSPS) is 7.88. The number of hydrogen-bond acceptors (Lipinski definition) is 0. The van der Waals surface area contributed by atoms with Crippen molar-refractivity contribution in [2.24, 2.45) is 0 Å². The molecule has 0 aliphatic rings.